The van der Waals surface area contributed by atoms with E-state index < -0.39 is 0 Å². The van der Waals surface area contributed by atoms with Crippen LogP contribution in [0.1, 0.15) is 24.7 Å². The molecule has 1 aliphatic rings. The average Bonchev–Trinajstić information content (AvgIpc) is 3.32. The summed E-state index contributed by atoms with van der Waals surface area (Å²) < 4.78 is 10.4. The minimum absolute atomic E-state index is 0.0815. The molecular weight excluding hydrogens is 356 g/mol. The summed E-state index contributed by atoms with van der Waals surface area (Å²) in [5.41, 5.74) is 3.58. The zero-order valence-corrected chi connectivity index (χ0v) is 16.3. The molecule has 0 radical (unpaired) electrons. The molecule has 146 valence electrons. The summed E-state index contributed by atoms with van der Waals surface area (Å²) in [6.45, 7) is 5.24. The van der Waals surface area contributed by atoms with Crippen LogP contribution in [0.3, 0.4) is 0 Å². The normalized spacial score (nSPS) is 16.0. The lowest BCUT2D eigenvalue weighted by molar-refractivity contribution is -0.120. The Labute approximate surface area is 163 Å². The van der Waals surface area contributed by atoms with Gasteiger partial charge in [-0.15, -0.1) is 0 Å². The van der Waals surface area contributed by atoms with Crippen LogP contribution in [-0.2, 0) is 4.79 Å². The van der Waals surface area contributed by atoms with Gasteiger partial charge >= 0.3 is 0 Å². The number of hydrogen-bond donors (Lipinski definition) is 2. The highest BCUT2D eigenvalue weighted by molar-refractivity contribution is 5.95. The second-order valence-electron chi connectivity index (χ2n) is 7.08. The summed E-state index contributed by atoms with van der Waals surface area (Å²) in [6.07, 6.45) is 5.13. The van der Waals surface area contributed by atoms with Crippen LogP contribution in [0.15, 0.2) is 41.1 Å². The van der Waals surface area contributed by atoms with Crippen LogP contribution in [0.25, 0.3) is 16.5 Å². The van der Waals surface area contributed by atoms with Crippen molar-refractivity contribution in [1.82, 2.24) is 15.0 Å². The molecule has 2 N–H and O–H groups in total. The maximum atomic E-state index is 12.5. The average molecular weight is 380 g/mol. The molecule has 0 aliphatic carbocycles. The van der Waals surface area contributed by atoms with Gasteiger partial charge in [0.1, 0.15) is 11.5 Å². The van der Waals surface area contributed by atoms with Crippen LogP contribution in [0.4, 0.5) is 5.82 Å². The summed E-state index contributed by atoms with van der Waals surface area (Å²) >= 11 is 0. The minimum atomic E-state index is -0.252. The molecule has 1 unspecified atom stereocenters. The maximum Gasteiger partial charge on any atom is 0.242 e. The van der Waals surface area contributed by atoms with Crippen molar-refractivity contribution in [3.63, 3.8) is 0 Å². The van der Waals surface area contributed by atoms with E-state index in [1.807, 2.05) is 19.1 Å². The molecule has 0 saturated heterocycles. The van der Waals surface area contributed by atoms with Crippen molar-refractivity contribution in [1.29, 1.82) is 0 Å². The molecule has 2 aromatic heterocycles. The van der Waals surface area contributed by atoms with E-state index in [1.54, 1.807) is 20.1 Å². The number of hydrogen-bond acceptors (Lipinski definition) is 5. The summed E-state index contributed by atoms with van der Waals surface area (Å²) in [5, 5.41) is 7.79. The monoisotopic (exact) mass is 380 g/mol. The Morgan fingerprint density at radius 2 is 2.25 bits per heavy atom. The number of ether oxygens (including phenoxy) is 1. The first kappa shape index (κ1) is 18.3. The number of nitrogens with one attached hydrogen (secondary N) is 2. The van der Waals surface area contributed by atoms with Crippen molar-refractivity contribution in [3.8, 4) is 5.75 Å². The number of aryl methyl sites for hydroxylation is 1. The van der Waals surface area contributed by atoms with Gasteiger partial charge in [-0.1, -0.05) is 11.2 Å². The number of H-pyrrole nitrogens is 1. The number of carbonyl (C=O) groups excluding carboxylic acids is 1. The van der Waals surface area contributed by atoms with Crippen molar-refractivity contribution in [2.24, 2.45) is 0 Å². The maximum absolute atomic E-state index is 12.5. The predicted octanol–water partition coefficient (Wildman–Crippen LogP) is 3.59. The van der Waals surface area contributed by atoms with Gasteiger partial charge in [-0.2, -0.15) is 0 Å². The second kappa shape index (κ2) is 7.52. The Kier molecular flexibility index (Phi) is 4.92. The Bertz CT molecular complexity index is 1030. The highest BCUT2D eigenvalue weighted by Crippen LogP contribution is 2.31. The molecule has 7 nitrogen and oxygen atoms in total. The van der Waals surface area contributed by atoms with E-state index in [2.05, 4.69) is 38.7 Å². The van der Waals surface area contributed by atoms with Gasteiger partial charge in [-0.3, -0.25) is 9.69 Å². The number of amides is 1. The molecule has 0 spiro atoms. The number of benzene rings is 1. The van der Waals surface area contributed by atoms with Crippen LogP contribution >= 0.6 is 0 Å². The third kappa shape index (κ3) is 3.53. The minimum Gasteiger partial charge on any atom is -0.497 e. The molecule has 4 rings (SSSR count). The number of fused-ring (bicyclic) bond motifs is 1. The fourth-order valence-corrected chi connectivity index (χ4v) is 3.60. The molecule has 3 heterocycles. The zero-order chi connectivity index (χ0) is 19.7. The smallest absolute Gasteiger partial charge is 0.242 e. The molecule has 28 heavy (non-hydrogen) atoms. The van der Waals surface area contributed by atoms with E-state index in [0.717, 1.165) is 36.2 Å². The molecule has 0 bridgehead atoms. The van der Waals surface area contributed by atoms with Gasteiger partial charge in [0.15, 0.2) is 5.82 Å². The van der Waals surface area contributed by atoms with Crippen molar-refractivity contribution in [3.05, 3.63) is 47.9 Å². The largest absolute Gasteiger partial charge is 0.497 e. The second-order valence-corrected chi connectivity index (χ2v) is 7.08. The first-order chi connectivity index (χ1) is 13.5. The summed E-state index contributed by atoms with van der Waals surface area (Å²) in [4.78, 5) is 18.0. The van der Waals surface area contributed by atoms with Gasteiger partial charge in [0.25, 0.3) is 0 Å². The Balaban J connectivity index is 1.46. The van der Waals surface area contributed by atoms with E-state index >= 15 is 0 Å². The van der Waals surface area contributed by atoms with Crippen LogP contribution in [-0.4, -0.2) is 47.2 Å². The summed E-state index contributed by atoms with van der Waals surface area (Å²) in [6, 6.07) is 7.51. The topological polar surface area (TPSA) is 83.4 Å². The first-order valence-corrected chi connectivity index (χ1v) is 9.38. The standard InChI is InChI=1S/C21H24N4O3/c1-13-10-20(24-28-13)23-21(26)14(2)25-8-6-15(7-9-25)18-12-22-19-5-4-16(27-3)11-17(18)19/h4-6,10-12,14,22H,7-9H2,1-3H3,(H,23,24,26). The van der Waals surface area contributed by atoms with Crippen LogP contribution in [0, 0.1) is 6.92 Å². The van der Waals surface area contributed by atoms with Crippen molar-refractivity contribution in [2.75, 3.05) is 25.5 Å². The highest BCUT2D eigenvalue weighted by atomic mass is 16.5. The van der Waals surface area contributed by atoms with E-state index in [0.29, 0.717) is 11.6 Å². The third-order valence-corrected chi connectivity index (χ3v) is 5.28. The number of rotatable bonds is 5. The fourth-order valence-electron chi connectivity index (χ4n) is 3.60. The highest BCUT2D eigenvalue weighted by Gasteiger charge is 2.24. The number of aromatic amines is 1. The van der Waals surface area contributed by atoms with Crippen LogP contribution in [0.5, 0.6) is 5.75 Å². The summed E-state index contributed by atoms with van der Waals surface area (Å²) in [7, 11) is 1.68. The number of aromatic nitrogens is 2. The Morgan fingerprint density at radius 3 is 2.93 bits per heavy atom. The third-order valence-electron chi connectivity index (χ3n) is 5.28. The quantitative estimate of drug-likeness (QED) is 0.707. The van der Waals surface area contributed by atoms with Gasteiger partial charge < -0.3 is 19.6 Å². The molecule has 0 saturated carbocycles. The molecule has 1 aromatic carbocycles. The van der Waals surface area contributed by atoms with Crippen molar-refractivity contribution >= 4 is 28.2 Å². The lowest BCUT2D eigenvalue weighted by atomic mass is 9.98. The predicted molar refractivity (Wildman–Crippen MR) is 108 cm³/mol. The van der Waals surface area contributed by atoms with Crippen LogP contribution in [0.2, 0.25) is 0 Å². The van der Waals surface area contributed by atoms with Gasteiger partial charge in [0, 0.05) is 41.8 Å². The number of nitrogens with zero attached hydrogens (tertiary/aromatic N) is 2. The molecular formula is C21H24N4O3. The van der Waals surface area contributed by atoms with E-state index in [-0.39, 0.29) is 11.9 Å². The van der Waals surface area contributed by atoms with E-state index in [1.165, 1.54) is 11.1 Å². The lowest BCUT2D eigenvalue weighted by Crippen LogP contribution is -2.44. The number of carbonyl (C=O) groups is 1. The number of methoxy groups -OCH3 is 1. The molecule has 1 atom stereocenters. The van der Waals surface area contributed by atoms with E-state index in [9.17, 15) is 4.79 Å². The molecule has 1 amide bonds. The van der Waals surface area contributed by atoms with Gasteiger partial charge in [-0.25, -0.2) is 0 Å². The fraction of sp³-hybridized carbons (Fsp3) is 0.333. The molecule has 3 aromatic rings. The Hall–Kier alpha value is -3.06. The first-order valence-electron chi connectivity index (χ1n) is 9.38. The number of anilines is 1. The van der Waals surface area contributed by atoms with Crippen molar-refractivity contribution < 1.29 is 14.1 Å². The van der Waals surface area contributed by atoms with Crippen LogP contribution < -0.4 is 10.1 Å². The van der Waals surface area contributed by atoms with E-state index in [4.69, 9.17) is 9.26 Å². The van der Waals surface area contributed by atoms with Gasteiger partial charge in [-0.05, 0) is 44.0 Å². The molecule has 0 fully saturated rings. The SMILES string of the molecule is COc1ccc2[nH]cc(C3=CCN(C(C)C(=O)Nc4cc(C)on4)CC3)c2c1. The molecule has 7 heteroatoms. The van der Waals surface area contributed by atoms with Gasteiger partial charge in [0.05, 0.1) is 13.2 Å². The summed E-state index contributed by atoms with van der Waals surface area (Å²) in [5.74, 6) is 1.89. The van der Waals surface area contributed by atoms with Crippen molar-refractivity contribution in [2.45, 2.75) is 26.3 Å². The lowest BCUT2D eigenvalue weighted by Gasteiger charge is -2.30. The van der Waals surface area contributed by atoms with Gasteiger partial charge in [0.2, 0.25) is 5.91 Å². The zero-order valence-electron chi connectivity index (χ0n) is 16.3. The molecule has 1 aliphatic heterocycles. The Morgan fingerprint density at radius 1 is 1.39 bits per heavy atom.